The van der Waals surface area contributed by atoms with Gasteiger partial charge >= 0.3 is 11.9 Å². The molecule has 3 rings (SSSR count). The first-order valence-corrected chi connectivity index (χ1v) is 14.8. The summed E-state index contributed by atoms with van der Waals surface area (Å²) in [5, 5.41) is 16.5. The third-order valence-electron chi connectivity index (χ3n) is 6.67. The van der Waals surface area contributed by atoms with E-state index in [2.05, 4.69) is 10.6 Å². The molecule has 0 saturated heterocycles. The van der Waals surface area contributed by atoms with Crippen molar-refractivity contribution in [3.8, 4) is 11.5 Å². The molecule has 10 heteroatoms. The summed E-state index contributed by atoms with van der Waals surface area (Å²) in [5.41, 5.74) is 2.57. The largest absolute Gasteiger partial charge is 0.493 e. The number of ether oxygens (including phenoxy) is 4. The number of rotatable bonds is 15. The third-order valence-corrected chi connectivity index (χ3v) is 7.40. The van der Waals surface area contributed by atoms with Gasteiger partial charge in [0.05, 0.1) is 37.9 Å². The number of carbonyl (C=O) groups excluding carboxylic acids is 2. The van der Waals surface area contributed by atoms with Gasteiger partial charge in [0.25, 0.3) is 0 Å². The second-order valence-electron chi connectivity index (χ2n) is 9.56. The van der Waals surface area contributed by atoms with Crippen molar-refractivity contribution in [2.75, 3.05) is 46.8 Å². The summed E-state index contributed by atoms with van der Waals surface area (Å²) in [5.74, 6) is -0.473. The lowest BCUT2D eigenvalue weighted by atomic mass is 9.80. The second-order valence-corrected chi connectivity index (χ2v) is 10.4. The first-order valence-electron chi connectivity index (χ1n) is 13.5. The average molecular weight is 585 g/mol. The van der Waals surface area contributed by atoms with Crippen LogP contribution in [0.5, 0.6) is 11.5 Å². The Labute approximate surface area is 246 Å². The molecule has 1 unspecified atom stereocenters. The molecule has 1 aliphatic rings. The Kier molecular flexibility index (Phi) is 12.6. The van der Waals surface area contributed by atoms with Crippen LogP contribution >= 0.6 is 11.8 Å². The molecule has 222 valence electrons. The van der Waals surface area contributed by atoms with Crippen LogP contribution in [0.1, 0.15) is 38.2 Å². The normalized spacial score (nSPS) is 14.4. The second kappa shape index (κ2) is 16.1. The van der Waals surface area contributed by atoms with Gasteiger partial charge in [-0.1, -0.05) is 18.2 Å². The van der Waals surface area contributed by atoms with Crippen LogP contribution in [0, 0.1) is 0 Å². The standard InChI is InChI=1S/C31H40N2O7S/c1-20-27(30(35)37-3)29(28(21(2)33-20)31(36)38-4)25-17-24(41-5)13-14-26(25)39-16-10-9-15-32-18-22(34)19-40-23-11-7-6-8-12-23/h6-8,11-14,17,22,29,32-34H,9-10,15-16,18-19H2,1-5H3. The van der Waals surface area contributed by atoms with E-state index in [1.165, 1.54) is 14.2 Å². The fourth-order valence-corrected chi connectivity index (χ4v) is 5.10. The molecule has 0 bridgehead atoms. The Bertz CT molecular complexity index is 1210. The molecular formula is C31H40N2O7S. The van der Waals surface area contributed by atoms with Crippen LogP contribution in [0.4, 0.5) is 0 Å². The highest BCUT2D eigenvalue weighted by Crippen LogP contribution is 2.44. The zero-order valence-electron chi connectivity index (χ0n) is 24.3. The summed E-state index contributed by atoms with van der Waals surface area (Å²) in [4.78, 5) is 26.8. The fraction of sp³-hybridized carbons (Fsp3) is 0.419. The minimum Gasteiger partial charge on any atom is -0.493 e. The van der Waals surface area contributed by atoms with E-state index >= 15 is 0 Å². The number of benzene rings is 2. The smallest absolute Gasteiger partial charge is 0.336 e. The number of esters is 2. The number of aliphatic hydroxyl groups is 1. The number of unbranched alkanes of at least 4 members (excludes halogenated alkanes) is 1. The lowest BCUT2D eigenvalue weighted by Gasteiger charge is -2.31. The monoisotopic (exact) mass is 584 g/mol. The first kappa shape index (κ1) is 32.0. The van der Waals surface area contributed by atoms with Gasteiger partial charge in [-0.25, -0.2) is 9.59 Å². The van der Waals surface area contributed by atoms with Crippen LogP contribution in [-0.2, 0) is 19.1 Å². The summed E-state index contributed by atoms with van der Waals surface area (Å²) >= 11 is 1.56. The highest BCUT2D eigenvalue weighted by molar-refractivity contribution is 7.98. The molecule has 3 N–H and O–H groups in total. The van der Waals surface area contributed by atoms with E-state index in [4.69, 9.17) is 18.9 Å². The Morgan fingerprint density at radius 1 is 0.976 bits per heavy atom. The van der Waals surface area contributed by atoms with Crippen molar-refractivity contribution in [2.45, 2.75) is 43.6 Å². The van der Waals surface area contributed by atoms with Crippen molar-refractivity contribution < 1.29 is 33.6 Å². The zero-order valence-corrected chi connectivity index (χ0v) is 25.1. The number of hydrogen-bond acceptors (Lipinski definition) is 10. The van der Waals surface area contributed by atoms with Crippen LogP contribution in [0.15, 0.2) is 76.0 Å². The van der Waals surface area contributed by atoms with E-state index in [0.717, 1.165) is 23.5 Å². The Balaban J connectivity index is 1.64. The van der Waals surface area contributed by atoms with Crippen LogP contribution in [0.25, 0.3) is 0 Å². The number of para-hydroxylation sites is 1. The molecule has 0 fully saturated rings. The van der Waals surface area contributed by atoms with Gasteiger partial charge in [-0.15, -0.1) is 11.8 Å². The number of carbonyl (C=O) groups is 2. The summed E-state index contributed by atoms with van der Waals surface area (Å²) in [6, 6.07) is 15.2. The number of methoxy groups -OCH3 is 2. The van der Waals surface area contributed by atoms with E-state index in [1.807, 2.05) is 54.8 Å². The van der Waals surface area contributed by atoms with Gasteiger partial charge in [0.2, 0.25) is 0 Å². The number of nitrogens with one attached hydrogen (secondary N) is 2. The molecular weight excluding hydrogens is 544 g/mol. The maximum atomic E-state index is 12.9. The maximum absolute atomic E-state index is 12.9. The summed E-state index contributed by atoms with van der Waals surface area (Å²) < 4.78 is 22.0. The van der Waals surface area contributed by atoms with E-state index in [-0.39, 0.29) is 6.61 Å². The van der Waals surface area contributed by atoms with Gasteiger partial charge in [-0.2, -0.15) is 0 Å². The average Bonchev–Trinajstić information content (AvgIpc) is 2.99. The summed E-state index contributed by atoms with van der Waals surface area (Å²) in [7, 11) is 2.64. The highest BCUT2D eigenvalue weighted by atomic mass is 32.2. The lowest BCUT2D eigenvalue weighted by Crippen LogP contribution is -2.32. The Morgan fingerprint density at radius 2 is 1.63 bits per heavy atom. The quantitative estimate of drug-likeness (QED) is 0.160. The predicted molar refractivity (Wildman–Crippen MR) is 159 cm³/mol. The zero-order chi connectivity index (χ0) is 29.8. The van der Waals surface area contributed by atoms with Crippen LogP contribution in [0.3, 0.4) is 0 Å². The molecule has 2 aromatic carbocycles. The van der Waals surface area contributed by atoms with E-state index < -0.39 is 24.0 Å². The molecule has 0 radical (unpaired) electrons. The Morgan fingerprint density at radius 3 is 2.24 bits per heavy atom. The van der Waals surface area contributed by atoms with E-state index in [9.17, 15) is 14.7 Å². The van der Waals surface area contributed by atoms with Crippen molar-refractivity contribution in [2.24, 2.45) is 0 Å². The number of thioether (sulfide) groups is 1. The molecule has 0 aliphatic carbocycles. The highest BCUT2D eigenvalue weighted by Gasteiger charge is 2.39. The van der Waals surface area contributed by atoms with Crippen LogP contribution in [-0.4, -0.2) is 69.9 Å². The molecule has 0 saturated carbocycles. The lowest BCUT2D eigenvalue weighted by molar-refractivity contribution is -0.137. The molecule has 1 atom stereocenters. The van der Waals surface area contributed by atoms with Gasteiger partial charge in [-0.3, -0.25) is 0 Å². The SMILES string of the molecule is COC(=O)C1=C(C)NC(C)=C(C(=O)OC)C1c1cc(SC)ccc1OCCCCNCC(O)COc1ccccc1. The van der Waals surface area contributed by atoms with Gasteiger partial charge < -0.3 is 34.7 Å². The van der Waals surface area contributed by atoms with Gasteiger partial charge in [-0.05, 0) is 69.8 Å². The molecule has 2 aromatic rings. The minimum atomic E-state index is -0.723. The number of allylic oxidation sites excluding steroid dienone is 2. The minimum absolute atomic E-state index is 0.217. The molecule has 1 heterocycles. The first-order chi connectivity index (χ1) is 19.8. The van der Waals surface area contributed by atoms with Gasteiger partial charge in [0, 0.05) is 28.4 Å². The van der Waals surface area contributed by atoms with Crippen LogP contribution in [0.2, 0.25) is 0 Å². The van der Waals surface area contributed by atoms with E-state index in [0.29, 0.717) is 53.5 Å². The maximum Gasteiger partial charge on any atom is 0.336 e. The number of dihydropyridines is 1. The van der Waals surface area contributed by atoms with Gasteiger partial charge in [0.15, 0.2) is 0 Å². The van der Waals surface area contributed by atoms with Crippen molar-refractivity contribution >= 4 is 23.7 Å². The molecule has 9 nitrogen and oxygen atoms in total. The molecule has 0 amide bonds. The molecule has 41 heavy (non-hydrogen) atoms. The van der Waals surface area contributed by atoms with Crippen molar-refractivity contribution in [3.05, 3.63) is 76.6 Å². The van der Waals surface area contributed by atoms with E-state index in [1.54, 1.807) is 25.6 Å². The summed E-state index contributed by atoms with van der Waals surface area (Å²) in [6.07, 6.45) is 2.94. The van der Waals surface area contributed by atoms with Gasteiger partial charge in [0.1, 0.15) is 24.2 Å². The third kappa shape index (κ3) is 8.76. The number of hydrogen-bond donors (Lipinski definition) is 3. The topological polar surface area (TPSA) is 115 Å². The fourth-order valence-electron chi connectivity index (χ4n) is 4.65. The molecule has 1 aliphatic heterocycles. The Hall–Kier alpha value is -3.47. The predicted octanol–water partition coefficient (Wildman–Crippen LogP) is 4.18. The van der Waals surface area contributed by atoms with Crippen molar-refractivity contribution in [1.82, 2.24) is 10.6 Å². The molecule has 0 spiro atoms. The number of aliphatic hydroxyl groups excluding tert-OH is 1. The van der Waals surface area contributed by atoms with Crippen molar-refractivity contribution in [1.29, 1.82) is 0 Å². The molecule has 0 aromatic heterocycles. The van der Waals surface area contributed by atoms with Crippen LogP contribution < -0.4 is 20.1 Å². The summed E-state index contributed by atoms with van der Waals surface area (Å²) in [6.45, 7) is 5.36. The van der Waals surface area contributed by atoms with Crippen molar-refractivity contribution in [3.63, 3.8) is 0 Å².